The van der Waals surface area contributed by atoms with Gasteiger partial charge in [-0.25, -0.2) is 4.79 Å². The van der Waals surface area contributed by atoms with Gasteiger partial charge in [0.1, 0.15) is 16.9 Å². The van der Waals surface area contributed by atoms with Gasteiger partial charge in [-0.3, -0.25) is 4.99 Å². The number of esters is 1. The Kier molecular flexibility index (Phi) is 5.24. The van der Waals surface area contributed by atoms with Gasteiger partial charge in [0.15, 0.2) is 0 Å². The normalized spacial score (nSPS) is 16.1. The first-order valence-electron chi connectivity index (χ1n) is 8.53. The maximum atomic E-state index is 12.2. The van der Waals surface area contributed by atoms with E-state index in [1.54, 1.807) is 13.8 Å². The molecule has 0 N–H and O–H groups in total. The van der Waals surface area contributed by atoms with Crippen LogP contribution < -0.4 is 0 Å². The maximum absolute atomic E-state index is 12.2. The van der Waals surface area contributed by atoms with E-state index in [2.05, 4.69) is 4.99 Å². The van der Waals surface area contributed by atoms with Gasteiger partial charge in [-0.05, 0) is 38.8 Å². The lowest BCUT2D eigenvalue weighted by Gasteiger charge is -2.17. The van der Waals surface area contributed by atoms with Crippen molar-refractivity contribution in [3.8, 4) is 0 Å². The number of carbonyl (C=O) groups excluding carboxylic acids is 1. The SMILES string of the molecule is CCOC(=O)c1c(C)oc2ccc(C=NC3CCCCC3)c(Cl)c12. The molecule has 0 unspecified atom stereocenters. The number of carbonyl (C=O) groups is 1. The van der Waals surface area contributed by atoms with Crippen molar-refractivity contribution in [2.24, 2.45) is 4.99 Å². The van der Waals surface area contributed by atoms with Crippen molar-refractivity contribution in [1.82, 2.24) is 0 Å². The summed E-state index contributed by atoms with van der Waals surface area (Å²) in [4.78, 5) is 16.9. The van der Waals surface area contributed by atoms with Crippen LogP contribution in [0.2, 0.25) is 5.02 Å². The van der Waals surface area contributed by atoms with E-state index in [1.165, 1.54) is 19.3 Å². The molecule has 1 fully saturated rings. The summed E-state index contributed by atoms with van der Waals surface area (Å²) in [7, 11) is 0. The van der Waals surface area contributed by atoms with Gasteiger partial charge in [-0.2, -0.15) is 0 Å². The number of furan rings is 1. The molecule has 0 saturated heterocycles. The number of hydrogen-bond acceptors (Lipinski definition) is 4. The van der Waals surface area contributed by atoms with E-state index in [0.29, 0.717) is 40.0 Å². The van der Waals surface area contributed by atoms with E-state index in [0.717, 1.165) is 18.4 Å². The second-order valence-corrected chi connectivity index (χ2v) is 6.54. The summed E-state index contributed by atoms with van der Waals surface area (Å²) in [6.07, 6.45) is 7.88. The topological polar surface area (TPSA) is 51.8 Å². The fourth-order valence-corrected chi connectivity index (χ4v) is 3.55. The van der Waals surface area contributed by atoms with Crippen LogP contribution >= 0.6 is 11.6 Å². The number of aliphatic imine (C=N–C) groups is 1. The largest absolute Gasteiger partial charge is 0.462 e. The van der Waals surface area contributed by atoms with Gasteiger partial charge in [0.25, 0.3) is 0 Å². The molecule has 4 nitrogen and oxygen atoms in total. The number of hydrogen-bond donors (Lipinski definition) is 0. The molecular weight excluding hydrogens is 326 g/mol. The third kappa shape index (κ3) is 3.34. The molecule has 1 aromatic heterocycles. The van der Waals surface area contributed by atoms with Crippen molar-refractivity contribution in [3.63, 3.8) is 0 Å². The van der Waals surface area contributed by atoms with Crippen LogP contribution in [0.15, 0.2) is 21.5 Å². The minimum Gasteiger partial charge on any atom is -0.462 e. The fourth-order valence-electron chi connectivity index (χ4n) is 3.25. The predicted molar refractivity (Wildman–Crippen MR) is 96.4 cm³/mol. The Labute approximate surface area is 146 Å². The molecule has 0 aliphatic heterocycles. The lowest BCUT2D eigenvalue weighted by atomic mass is 9.96. The molecule has 1 aliphatic carbocycles. The standard InChI is InChI=1S/C19H22ClNO3/c1-3-23-19(22)16-12(2)24-15-10-9-13(18(20)17(15)16)11-21-14-7-5-4-6-8-14/h9-11,14H,3-8H2,1-2H3. The highest BCUT2D eigenvalue weighted by Gasteiger charge is 2.22. The van der Waals surface area contributed by atoms with Crippen molar-refractivity contribution >= 4 is 34.8 Å². The first-order chi connectivity index (χ1) is 11.6. The van der Waals surface area contributed by atoms with Crippen LogP contribution in [-0.2, 0) is 4.74 Å². The number of benzene rings is 1. The third-order valence-corrected chi connectivity index (χ3v) is 4.88. The van der Waals surface area contributed by atoms with Gasteiger partial charge in [-0.1, -0.05) is 30.9 Å². The van der Waals surface area contributed by atoms with Crippen LogP contribution in [0.4, 0.5) is 0 Å². The van der Waals surface area contributed by atoms with Crippen LogP contribution in [0, 0.1) is 6.92 Å². The number of fused-ring (bicyclic) bond motifs is 1. The highest BCUT2D eigenvalue weighted by atomic mass is 35.5. The summed E-state index contributed by atoms with van der Waals surface area (Å²) in [5.74, 6) is 0.115. The Morgan fingerprint density at radius 1 is 1.38 bits per heavy atom. The van der Waals surface area contributed by atoms with Crippen molar-refractivity contribution in [2.45, 2.75) is 52.0 Å². The van der Waals surface area contributed by atoms with Gasteiger partial charge >= 0.3 is 5.97 Å². The molecule has 0 spiro atoms. The molecule has 3 rings (SSSR count). The molecule has 0 amide bonds. The molecule has 1 aliphatic rings. The van der Waals surface area contributed by atoms with E-state index in [9.17, 15) is 4.79 Å². The van der Waals surface area contributed by atoms with Gasteiger partial charge in [0.2, 0.25) is 0 Å². The Hall–Kier alpha value is -1.81. The first kappa shape index (κ1) is 17.0. The van der Waals surface area contributed by atoms with Crippen LogP contribution in [0.3, 0.4) is 0 Å². The molecule has 1 aromatic carbocycles. The molecule has 24 heavy (non-hydrogen) atoms. The minimum absolute atomic E-state index is 0.311. The summed E-state index contributed by atoms with van der Waals surface area (Å²) in [6.45, 7) is 3.84. The second kappa shape index (κ2) is 7.39. The number of halogens is 1. The Morgan fingerprint density at radius 2 is 2.12 bits per heavy atom. The van der Waals surface area contributed by atoms with Gasteiger partial charge in [-0.15, -0.1) is 0 Å². The first-order valence-corrected chi connectivity index (χ1v) is 8.91. The number of aryl methyl sites for hydroxylation is 1. The average Bonchev–Trinajstić information content (AvgIpc) is 2.92. The van der Waals surface area contributed by atoms with Gasteiger partial charge < -0.3 is 9.15 Å². The molecule has 0 radical (unpaired) electrons. The molecule has 128 valence electrons. The Morgan fingerprint density at radius 3 is 2.83 bits per heavy atom. The van der Waals surface area contributed by atoms with Gasteiger partial charge in [0, 0.05) is 17.8 Å². The summed E-state index contributed by atoms with van der Waals surface area (Å²) in [5, 5.41) is 1.10. The van der Waals surface area contributed by atoms with E-state index in [4.69, 9.17) is 20.8 Å². The molecule has 1 heterocycles. The fraction of sp³-hybridized carbons (Fsp3) is 0.474. The zero-order chi connectivity index (χ0) is 17.1. The Bertz CT molecular complexity index is 773. The highest BCUT2D eigenvalue weighted by molar-refractivity contribution is 6.39. The lowest BCUT2D eigenvalue weighted by Crippen LogP contribution is -2.09. The number of ether oxygens (including phenoxy) is 1. The quantitative estimate of drug-likeness (QED) is 0.555. The van der Waals surface area contributed by atoms with E-state index in [-0.39, 0.29) is 0 Å². The van der Waals surface area contributed by atoms with Crippen LogP contribution in [-0.4, -0.2) is 24.8 Å². The zero-order valence-electron chi connectivity index (χ0n) is 14.1. The molecule has 0 bridgehead atoms. The summed E-state index contributed by atoms with van der Waals surface area (Å²) in [5.41, 5.74) is 1.81. The monoisotopic (exact) mass is 347 g/mol. The summed E-state index contributed by atoms with van der Waals surface area (Å²) >= 11 is 6.56. The number of rotatable bonds is 4. The number of nitrogens with zero attached hydrogens (tertiary/aromatic N) is 1. The van der Waals surface area contributed by atoms with Crippen molar-refractivity contribution in [2.75, 3.05) is 6.61 Å². The van der Waals surface area contributed by atoms with E-state index >= 15 is 0 Å². The summed E-state index contributed by atoms with van der Waals surface area (Å²) < 4.78 is 10.8. The van der Waals surface area contributed by atoms with Gasteiger partial charge in [0.05, 0.1) is 17.0 Å². The lowest BCUT2D eigenvalue weighted by molar-refractivity contribution is 0.0526. The molecular formula is C19H22ClNO3. The van der Waals surface area contributed by atoms with Crippen LogP contribution in [0.5, 0.6) is 0 Å². The van der Waals surface area contributed by atoms with Crippen molar-refractivity contribution in [1.29, 1.82) is 0 Å². The predicted octanol–water partition coefficient (Wildman–Crippen LogP) is 5.32. The molecule has 1 saturated carbocycles. The zero-order valence-corrected chi connectivity index (χ0v) is 14.9. The third-order valence-electron chi connectivity index (χ3n) is 4.48. The average molecular weight is 348 g/mol. The van der Waals surface area contributed by atoms with Crippen molar-refractivity contribution in [3.05, 3.63) is 34.0 Å². The van der Waals surface area contributed by atoms with Crippen LogP contribution in [0.1, 0.15) is 60.7 Å². The smallest absolute Gasteiger partial charge is 0.342 e. The minimum atomic E-state index is -0.406. The molecule has 2 aromatic rings. The highest BCUT2D eigenvalue weighted by Crippen LogP contribution is 2.34. The second-order valence-electron chi connectivity index (χ2n) is 6.17. The van der Waals surface area contributed by atoms with Crippen LogP contribution in [0.25, 0.3) is 11.0 Å². The maximum Gasteiger partial charge on any atom is 0.342 e. The molecule has 5 heteroatoms. The Balaban J connectivity index is 1.98. The van der Waals surface area contributed by atoms with E-state index in [1.807, 2.05) is 18.3 Å². The summed E-state index contributed by atoms with van der Waals surface area (Å²) in [6, 6.07) is 4.09. The molecule has 0 atom stereocenters. The van der Waals surface area contributed by atoms with Crippen molar-refractivity contribution < 1.29 is 13.9 Å². The van der Waals surface area contributed by atoms with E-state index < -0.39 is 5.97 Å².